The van der Waals surface area contributed by atoms with E-state index in [1.54, 1.807) is 14.2 Å². The molecule has 59 heavy (non-hydrogen) atoms. The summed E-state index contributed by atoms with van der Waals surface area (Å²) >= 11 is 0. The summed E-state index contributed by atoms with van der Waals surface area (Å²) in [6.07, 6.45) is 8.42. The molecule has 0 saturated carbocycles. The molecule has 0 atom stereocenters. The highest BCUT2D eigenvalue weighted by molar-refractivity contribution is 6.13. The van der Waals surface area contributed by atoms with Crippen LogP contribution in [0.15, 0.2) is 158 Å². The second kappa shape index (κ2) is 16.7. The van der Waals surface area contributed by atoms with E-state index in [0.717, 1.165) is 100 Å². The van der Waals surface area contributed by atoms with Gasteiger partial charge in [-0.3, -0.25) is 0 Å². The molecule has 0 aliphatic carbocycles. The van der Waals surface area contributed by atoms with E-state index >= 15 is 0 Å². The maximum absolute atomic E-state index is 6.65. The molecular weight excluding hydrogens is 725 g/mol. The molecule has 8 aromatic carbocycles. The third-order valence-electron chi connectivity index (χ3n) is 10.3. The summed E-state index contributed by atoms with van der Waals surface area (Å²) in [7, 11) is 3.35. The van der Waals surface area contributed by atoms with Crippen LogP contribution < -0.4 is 18.9 Å². The standard InChI is InChI=1S/C55H38O4/c1-56-48-27-19-40(20-28-48)17-25-44-35-46-33-42(15-13-38-9-5-3-6-10-38)23-31-50(46)52-53-51-32-24-43(16-14-39-11-7-4-8-12-39)34-47(51)36-45(55(53)59-37-58-54(44)52)26-18-41-21-29-49(57-2)30-22-41/h3-12,17-36H,37H2,1-2H3/b25-17-,26-18-. The topological polar surface area (TPSA) is 36.9 Å². The van der Waals surface area contributed by atoms with Gasteiger partial charge in [0.2, 0.25) is 6.79 Å². The van der Waals surface area contributed by atoms with Crippen molar-refractivity contribution >= 4 is 45.8 Å². The zero-order chi connectivity index (χ0) is 40.0. The first-order valence-electron chi connectivity index (χ1n) is 19.4. The van der Waals surface area contributed by atoms with E-state index in [9.17, 15) is 0 Å². The minimum absolute atomic E-state index is 0.0328. The largest absolute Gasteiger partial charge is 0.497 e. The highest BCUT2D eigenvalue weighted by atomic mass is 16.7. The van der Waals surface area contributed by atoms with Crippen LogP contribution in [0.1, 0.15) is 44.5 Å². The smallest absolute Gasteiger partial charge is 0.231 e. The molecule has 282 valence electrons. The fourth-order valence-corrected chi connectivity index (χ4v) is 7.31. The van der Waals surface area contributed by atoms with Crippen molar-refractivity contribution in [2.24, 2.45) is 0 Å². The van der Waals surface area contributed by atoms with Crippen molar-refractivity contribution in [2.75, 3.05) is 21.0 Å². The van der Waals surface area contributed by atoms with Gasteiger partial charge >= 0.3 is 0 Å². The molecule has 0 spiro atoms. The maximum atomic E-state index is 6.65. The molecule has 0 fully saturated rings. The zero-order valence-electron chi connectivity index (χ0n) is 32.7. The van der Waals surface area contributed by atoms with Crippen LogP contribution in [0.5, 0.6) is 23.0 Å². The fraction of sp³-hybridized carbons (Fsp3) is 0.0545. The molecular formula is C55H38O4. The number of methoxy groups -OCH3 is 2. The van der Waals surface area contributed by atoms with Gasteiger partial charge in [0.1, 0.15) is 23.0 Å². The first kappa shape index (κ1) is 36.7. The van der Waals surface area contributed by atoms with E-state index in [0.29, 0.717) is 0 Å². The second-order valence-corrected chi connectivity index (χ2v) is 14.1. The van der Waals surface area contributed by atoms with Gasteiger partial charge in [0, 0.05) is 44.5 Å². The lowest BCUT2D eigenvalue weighted by atomic mass is 9.87. The molecule has 1 aliphatic heterocycles. The number of hydrogen-bond donors (Lipinski definition) is 0. The first-order chi connectivity index (χ1) is 29.1. The molecule has 0 N–H and O–H groups in total. The van der Waals surface area contributed by atoms with E-state index < -0.39 is 0 Å². The molecule has 0 bridgehead atoms. The monoisotopic (exact) mass is 762 g/mol. The quantitative estimate of drug-likeness (QED) is 0.125. The normalized spacial score (nSPS) is 11.7. The molecule has 1 heterocycles. The van der Waals surface area contributed by atoms with E-state index in [4.69, 9.17) is 18.9 Å². The average molecular weight is 763 g/mol. The van der Waals surface area contributed by atoms with Crippen LogP contribution in [0.25, 0.3) is 57.0 Å². The van der Waals surface area contributed by atoms with Gasteiger partial charge in [-0.2, -0.15) is 0 Å². The minimum Gasteiger partial charge on any atom is -0.497 e. The summed E-state index contributed by atoms with van der Waals surface area (Å²) in [5.41, 5.74) is 9.59. The Morgan fingerprint density at radius 2 is 0.831 bits per heavy atom. The van der Waals surface area contributed by atoms with Crippen molar-refractivity contribution in [3.63, 3.8) is 0 Å². The van der Waals surface area contributed by atoms with Gasteiger partial charge < -0.3 is 18.9 Å². The highest BCUT2D eigenvalue weighted by Crippen LogP contribution is 2.51. The van der Waals surface area contributed by atoms with Crippen molar-refractivity contribution in [2.45, 2.75) is 0 Å². The number of hydrogen-bond acceptors (Lipinski definition) is 4. The SMILES string of the molecule is COc1ccc(/C=C\c2cc3cc(C#Cc4ccccc4)ccc3c3c2OCOc2c(/C=C\c4ccc(OC)cc4)cc4cc(C#Cc5ccccc5)ccc4c2-3)cc1. The molecule has 4 heteroatoms. The van der Waals surface area contributed by atoms with Gasteiger partial charge in [-0.15, -0.1) is 0 Å². The Balaban J connectivity index is 1.27. The summed E-state index contributed by atoms with van der Waals surface area (Å²) in [4.78, 5) is 0. The maximum Gasteiger partial charge on any atom is 0.231 e. The van der Waals surface area contributed by atoms with Gasteiger partial charge in [0.05, 0.1) is 14.2 Å². The number of rotatable bonds is 6. The van der Waals surface area contributed by atoms with Crippen LogP contribution in [0.4, 0.5) is 0 Å². The Morgan fingerprint density at radius 3 is 1.24 bits per heavy atom. The van der Waals surface area contributed by atoms with Gasteiger partial charge in [-0.25, -0.2) is 0 Å². The van der Waals surface area contributed by atoms with Crippen molar-refractivity contribution < 1.29 is 18.9 Å². The molecule has 8 aromatic rings. The second-order valence-electron chi connectivity index (χ2n) is 14.1. The highest BCUT2D eigenvalue weighted by Gasteiger charge is 2.26. The predicted octanol–water partition coefficient (Wildman–Crippen LogP) is 12.5. The molecule has 0 saturated heterocycles. The zero-order valence-corrected chi connectivity index (χ0v) is 32.7. The number of benzene rings is 8. The lowest BCUT2D eigenvalue weighted by molar-refractivity contribution is 0.124. The van der Waals surface area contributed by atoms with Crippen LogP contribution in [0, 0.1) is 23.7 Å². The van der Waals surface area contributed by atoms with E-state index in [2.05, 4.69) is 96.5 Å². The third kappa shape index (κ3) is 8.03. The van der Waals surface area contributed by atoms with Crippen molar-refractivity contribution in [3.8, 4) is 57.8 Å². The van der Waals surface area contributed by atoms with E-state index in [1.807, 2.05) is 109 Å². The average Bonchev–Trinajstić information content (AvgIpc) is 3.50. The van der Waals surface area contributed by atoms with E-state index in [1.165, 1.54) is 0 Å². The Bertz CT molecular complexity index is 2800. The van der Waals surface area contributed by atoms with Gasteiger partial charge in [0.25, 0.3) is 0 Å². The Hall–Kier alpha value is -7.92. The molecule has 0 unspecified atom stereocenters. The van der Waals surface area contributed by atoms with Gasteiger partial charge in [-0.1, -0.05) is 121 Å². The summed E-state index contributed by atoms with van der Waals surface area (Å²) in [5, 5.41) is 4.13. The van der Waals surface area contributed by atoms with Crippen molar-refractivity contribution in [1.82, 2.24) is 0 Å². The Kier molecular flexibility index (Phi) is 10.4. The molecule has 0 amide bonds. The first-order valence-corrected chi connectivity index (χ1v) is 19.4. The van der Waals surface area contributed by atoms with Gasteiger partial charge in [0.15, 0.2) is 0 Å². The third-order valence-corrected chi connectivity index (χ3v) is 10.3. The molecule has 0 aromatic heterocycles. The predicted molar refractivity (Wildman–Crippen MR) is 242 cm³/mol. The number of fused-ring (bicyclic) bond motifs is 7. The van der Waals surface area contributed by atoms with Crippen LogP contribution in [0.3, 0.4) is 0 Å². The van der Waals surface area contributed by atoms with Crippen molar-refractivity contribution in [3.05, 3.63) is 202 Å². The summed E-state index contributed by atoms with van der Waals surface area (Å²) in [6, 6.07) is 53.3. The fourth-order valence-electron chi connectivity index (χ4n) is 7.31. The molecule has 9 rings (SSSR count). The molecule has 1 aliphatic rings. The summed E-state index contributed by atoms with van der Waals surface area (Å²) < 4.78 is 24.1. The van der Waals surface area contributed by atoms with Gasteiger partial charge in [-0.05, 0) is 118 Å². The van der Waals surface area contributed by atoms with Crippen LogP contribution >= 0.6 is 0 Å². The molecule has 0 radical (unpaired) electrons. The Morgan fingerprint density at radius 1 is 0.424 bits per heavy atom. The number of ether oxygens (including phenoxy) is 4. The van der Waals surface area contributed by atoms with Crippen LogP contribution in [-0.2, 0) is 0 Å². The molecule has 4 nitrogen and oxygen atoms in total. The van der Waals surface area contributed by atoms with E-state index in [-0.39, 0.29) is 6.79 Å². The lowest BCUT2D eigenvalue weighted by Gasteiger charge is -2.18. The minimum atomic E-state index is 0.0328. The van der Waals surface area contributed by atoms with Crippen molar-refractivity contribution in [1.29, 1.82) is 0 Å². The lowest BCUT2D eigenvalue weighted by Crippen LogP contribution is -2.05. The van der Waals surface area contributed by atoms with Crippen LogP contribution in [-0.4, -0.2) is 21.0 Å². The summed E-state index contributed by atoms with van der Waals surface area (Å²) in [5.74, 6) is 16.6. The van der Waals surface area contributed by atoms with Crippen LogP contribution in [0.2, 0.25) is 0 Å². The summed E-state index contributed by atoms with van der Waals surface area (Å²) in [6.45, 7) is 0.0328. The Labute approximate surface area is 344 Å².